The third-order valence-electron chi connectivity index (χ3n) is 1.72. The number of phenolic OH excluding ortho intramolecular Hbond substituents is 1. The molecule has 1 aromatic carbocycles. The fraction of sp³-hybridized carbons (Fsp3) is 0.111. The molecule has 0 saturated carbocycles. The molecule has 0 unspecified atom stereocenters. The molecule has 0 bridgehead atoms. The van der Waals surface area contributed by atoms with Crippen molar-refractivity contribution in [3.05, 3.63) is 28.8 Å². The van der Waals surface area contributed by atoms with Crippen molar-refractivity contribution in [1.82, 2.24) is 0 Å². The molecule has 0 amide bonds. The summed E-state index contributed by atoms with van der Waals surface area (Å²) in [5.74, 6) is -1.55. The second-order valence-corrected chi connectivity index (χ2v) is 2.84. The van der Waals surface area contributed by atoms with E-state index in [9.17, 15) is 9.90 Å². The van der Waals surface area contributed by atoms with Gasteiger partial charge in [0.1, 0.15) is 11.8 Å². The van der Waals surface area contributed by atoms with Crippen LogP contribution in [0.5, 0.6) is 5.75 Å². The van der Waals surface area contributed by atoms with Crippen LogP contribution < -0.4 is 0 Å². The maximum Gasteiger partial charge on any atom is 0.336 e. The summed E-state index contributed by atoms with van der Waals surface area (Å²) in [5.41, 5.74) is 0.246. The van der Waals surface area contributed by atoms with E-state index in [0.29, 0.717) is 5.56 Å². The summed E-state index contributed by atoms with van der Waals surface area (Å²) in [6.45, 7) is 0. The number of phenols is 1. The fourth-order valence-corrected chi connectivity index (χ4v) is 1.25. The summed E-state index contributed by atoms with van der Waals surface area (Å²) in [6, 6.07) is 4.03. The zero-order chi connectivity index (χ0) is 10.7. The monoisotopic (exact) mass is 211 g/mol. The van der Waals surface area contributed by atoms with Crippen molar-refractivity contribution in [2.75, 3.05) is 0 Å². The molecule has 0 aliphatic carbocycles. The third-order valence-corrected chi connectivity index (χ3v) is 2.00. The van der Waals surface area contributed by atoms with Gasteiger partial charge in [-0.15, -0.1) is 11.6 Å². The van der Waals surface area contributed by atoms with Gasteiger partial charge >= 0.3 is 5.97 Å². The number of carboxylic acid groups (broad SMARTS) is 1. The van der Waals surface area contributed by atoms with Crippen molar-refractivity contribution in [3.8, 4) is 11.8 Å². The summed E-state index contributed by atoms with van der Waals surface area (Å²) in [5, 5.41) is 26.5. The van der Waals surface area contributed by atoms with Gasteiger partial charge in [0.25, 0.3) is 0 Å². The number of benzene rings is 1. The van der Waals surface area contributed by atoms with E-state index in [0.717, 1.165) is 6.07 Å². The Kier molecular flexibility index (Phi) is 2.95. The highest BCUT2D eigenvalue weighted by atomic mass is 35.5. The molecule has 0 fully saturated rings. The summed E-state index contributed by atoms with van der Waals surface area (Å²) in [6.07, 6.45) is 0. The number of aromatic carboxylic acids is 1. The van der Waals surface area contributed by atoms with E-state index >= 15 is 0 Å². The maximum atomic E-state index is 10.7. The van der Waals surface area contributed by atoms with Gasteiger partial charge in [-0.25, -0.2) is 4.79 Å². The zero-order valence-corrected chi connectivity index (χ0v) is 7.75. The van der Waals surface area contributed by atoms with Crippen LogP contribution in [0.15, 0.2) is 12.1 Å². The van der Waals surface area contributed by atoms with Crippen molar-refractivity contribution in [2.45, 2.75) is 5.88 Å². The zero-order valence-electron chi connectivity index (χ0n) is 6.99. The third kappa shape index (κ3) is 1.78. The first kappa shape index (κ1) is 10.4. The van der Waals surface area contributed by atoms with Gasteiger partial charge in [0.2, 0.25) is 0 Å². The van der Waals surface area contributed by atoms with Gasteiger partial charge in [-0.2, -0.15) is 5.26 Å². The predicted octanol–water partition coefficient (Wildman–Crippen LogP) is 1.70. The van der Waals surface area contributed by atoms with E-state index < -0.39 is 5.97 Å². The number of carbonyl (C=O) groups is 1. The van der Waals surface area contributed by atoms with Gasteiger partial charge in [0.05, 0.1) is 11.1 Å². The van der Waals surface area contributed by atoms with Crippen LogP contribution in [0.4, 0.5) is 0 Å². The molecular formula is C9H6ClNO3. The van der Waals surface area contributed by atoms with E-state index in [-0.39, 0.29) is 22.8 Å². The molecule has 1 aromatic rings. The lowest BCUT2D eigenvalue weighted by Crippen LogP contribution is -2.01. The Labute approximate surface area is 85.0 Å². The number of hydrogen-bond donors (Lipinski definition) is 2. The largest absolute Gasteiger partial charge is 0.507 e. The Morgan fingerprint density at radius 1 is 1.57 bits per heavy atom. The molecule has 0 heterocycles. The minimum atomic E-state index is -1.18. The Morgan fingerprint density at radius 3 is 2.64 bits per heavy atom. The molecule has 0 aromatic heterocycles. The first-order valence-corrected chi connectivity index (χ1v) is 4.18. The highest BCUT2D eigenvalue weighted by Crippen LogP contribution is 2.23. The Bertz CT molecular complexity index is 423. The Morgan fingerprint density at radius 2 is 2.21 bits per heavy atom. The van der Waals surface area contributed by atoms with Crippen molar-refractivity contribution in [1.29, 1.82) is 5.26 Å². The average Bonchev–Trinajstić information content (AvgIpc) is 2.17. The summed E-state index contributed by atoms with van der Waals surface area (Å²) in [7, 11) is 0. The van der Waals surface area contributed by atoms with Crippen LogP contribution >= 0.6 is 11.6 Å². The minimum absolute atomic E-state index is 0.0173. The molecule has 2 N–H and O–H groups in total. The van der Waals surface area contributed by atoms with Gasteiger partial charge in [-0.1, -0.05) is 0 Å². The van der Waals surface area contributed by atoms with E-state index in [1.54, 1.807) is 6.07 Å². The van der Waals surface area contributed by atoms with Gasteiger partial charge in [-0.05, 0) is 17.7 Å². The quantitative estimate of drug-likeness (QED) is 0.730. The number of aromatic hydroxyl groups is 1. The smallest absolute Gasteiger partial charge is 0.336 e. The number of halogens is 1. The SMILES string of the molecule is N#Cc1cc(CCl)c(C(=O)O)cc1O. The summed E-state index contributed by atoms with van der Waals surface area (Å²) >= 11 is 5.50. The van der Waals surface area contributed by atoms with Crippen LogP contribution in [0, 0.1) is 11.3 Å². The molecule has 72 valence electrons. The number of hydrogen-bond acceptors (Lipinski definition) is 3. The molecule has 1 rings (SSSR count). The van der Waals surface area contributed by atoms with E-state index in [1.165, 1.54) is 6.07 Å². The van der Waals surface area contributed by atoms with Crippen LogP contribution in [0.25, 0.3) is 0 Å². The molecule has 0 spiro atoms. The summed E-state index contributed by atoms with van der Waals surface area (Å²) < 4.78 is 0. The highest BCUT2D eigenvalue weighted by molar-refractivity contribution is 6.17. The molecule has 0 atom stereocenters. The fourth-order valence-electron chi connectivity index (χ4n) is 1.03. The number of carboxylic acids is 1. The number of alkyl halides is 1. The molecule has 5 heteroatoms. The molecular weight excluding hydrogens is 206 g/mol. The van der Waals surface area contributed by atoms with Crippen LogP contribution in [0.2, 0.25) is 0 Å². The van der Waals surface area contributed by atoms with E-state index in [2.05, 4.69) is 0 Å². The Balaban J connectivity index is 3.41. The molecule has 4 nitrogen and oxygen atoms in total. The van der Waals surface area contributed by atoms with Gasteiger partial charge in [0.15, 0.2) is 0 Å². The number of nitrogens with zero attached hydrogens (tertiary/aromatic N) is 1. The van der Waals surface area contributed by atoms with Crippen LogP contribution in [0.1, 0.15) is 21.5 Å². The van der Waals surface area contributed by atoms with Crippen molar-refractivity contribution >= 4 is 17.6 Å². The maximum absolute atomic E-state index is 10.7. The van der Waals surface area contributed by atoms with Crippen LogP contribution in [0.3, 0.4) is 0 Å². The second-order valence-electron chi connectivity index (χ2n) is 2.58. The lowest BCUT2D eigenvalue weighted by atomic mass is 10.0. The van der Waals surface area contributed by atoms with E-state index in [4.69, 9.17) is 22.0 Å². The topological polar surface area (TPSA) is 81.3 Å². The normalized spacial score (nSPS) is 9.43. The molecule has 0 saturated heterocycles. The van der Waals surface area contributed by atoms with Crippen LogP contribution in [-0.2, 0) is 5.88 Å². The first-order chi connectivity index (χ1) is 6.60. The lowest BCUT2D eigenvalue weighted by Gasteiger charge is -2.04. The molecule has 14 heavy (non-hydrogen) atoms. The lowest BCUT2D eigenvalue weighted by molar-refractivity contribution is 0.0695. The van der Waals surface area contributed by atoms with Gasteiger partial charge < -0.3 is 10.2 Å². The Hall–Kier alpha value is -1.73. The highest BCUT2D eigenvalue weighted by Gasteiger charge is 2.13. The average molecular weight is 212 g/mol. The standard InChI is InChI=1S/C9H6ClNO3/c10-3-5-1-6(4-11)8(12)2-7(5)9(13)14/h1-2,12H,3H2,(H,13,14). The number of nitriles is 1. The summed E-state index contributed by atoms with van der Waals surface area (Å²) in [4.78, 5) is 10.7. The van der Waals surface area contributed by atoms with E-state index in [1.807, 2.05) is 0 Å². The molecule has 0 radical (unpaired) electrons. The second kappa shape index (κ2) is 3.99. The van der Waals surface area contributed by atoms with Crippen molar-refractivity contribution < 1.29 is 15.0 Å². The minimum Gasteiger partial charge on any atom is -0.507 e. The van der Waals surface area contributed by atoms with Gasteiger partial charge in [-0.3, -0.25) is 0 Å². The molecule has 0 aliphatic heterocycles. The van der Waals surface area contributed by atoms with Crippen molar-refractivity contribution in [3.63, 3.8) is 0 Å². The van der Waals surface area contributed by atoms with Crippen molar-refractivity contribution in [2.24, 2.45) is 0 Å². The number of rotatable bonds is 2. The first-order valence-electron chi connectivity index (χ1n) is 3.65. The van der Waals surface area contributed by atoms with Gasteiger partial charge in [0, 0.05) is 5.88 Å². The van der Waals surface area contributed by atoms with Crippen LogP contribution in [-0.4, -0.2) is 16.2 Å². The predicted molar refractivity (Wildman–Crippen MR) is 49.3 cm³/mol. The molecule has 0 aliphatic rings.